The van der Waals surface area contributed by atoms with Gasteiger partial charge in [-0.1, -0.05) is 18.1 Å². The summed E-state index contributed by atoms with van der Waals surface area (Å²) in [6, 6.07) is 0. The van der Waals surface area contributed by atoms with Crippen LogP contribution in [-0.4, -0.2) is 24.3 Å². The minimum absolute atomic E-state index is 0.135. The maximum absolute atomic E-state index is 9.73. The van der Waals surface area contributed by atoms with E-state index in [4.69, 9.17) is 0 Å². The zero-order valence-corrected chi connectivity index (χ0v) is 8.13. The lowest BCUT2D eigenvalue weighted by molar-refractivity contribution is 0.161. The number of β-amino-alcohol motifs (C(OH)–C–C–N with tert-alkyl or cyclic N) is 1. The Balaban J connectivity index is 2.00. The number of nitrogens with one attached hydrogen (secondary N) is 1. The third-order valence-corrected chi connectivity index (χ3v) is 3.23. The molecule has 2 atom stereocenters. The first-order chi connectivity index (χ1) is 6.38. The second-order valence-electron chi connectivity index (χ2n) is 4.21. The Morgan fingerprint density at radius 3 is 2.92 bits per heavy atom. The zero-order valence-electron chi connectivity index (χ0n) is 8.13. The molecule has 1 saturated heterocycles. The molecule has 2 aliphatic rings. The van der Waals surface area contributed by atoms with Gasteiger partial charge in [0.2, 0.25) is 0 Å². The molecule has 0 bridgehead atoms. The molecule has 0 aromatic carbocycles. The van der Waals surface area contributed by atoms with Gasteiger partial charge in [0.05, 0.1) is 6.10 Å². The number of rotatable bonds is 1. The summed E-state index contributed by atoms with van der Waals surface area (Å²) in [5.41, 5.74) is 1.51. The van der Waals surface area contributed by atoms with E-state index in [2.05, 4.69) is 11.4 Å². The van der Waals surface area contributed by atoms with Gasteiger partial charge in [-0.05, 0) is 25.7 Å². The van der Waals surface area contributed by atoms with E-state index in [0.717, 1.165) is 13.1 Å². The lowest BCUT2D eigenvalue weighted by Gasteiger charge is -2.16. The number of aliphatic hydroxyl groups excluding tert-OH is 1. The predicted molar refractivity (Wildman–Crippen MR) is 53.5 cm³/mol. The first kappa shape index (κ1) is 9.22. The van der Waals surface area contributed by atoms with E-state index >= 15 is 0 Å². The van der Waals surface area contributed by atoms with Crippen molar-refractivity contribution in [2.24, 2.45) is 5.92 Å². The molecule has 2 nitrogen and oxygen atoms in total. The van der Waals surface area contributed by atoms with Gasteiger partial charge in [0.15, 0.2) is 0 Å². The van der Waals surface area contributed by atoms with Gasteiger partial charge in [0, 0.05) is 19.0 Å². The van der Waals surface area contributed by atoms with Crippen LogP contribution in [0.5, 0.6) is 0 Å². The van der Waals surface area contributed by atoms with Crippen LogP contribution in [0.25, 0.3) is 0 Å². The van der Waals surface area contributed by atoms with Crippen LogP contribution in [0.1, 0.15) is 32.1 Å². The predicted octanol–water partition coefficient (Wildman–Crippen LogP) is 1.46. The quantitative estimate of drug-likeness (QED) is 0.600. The van der Waals surface area contributed by atoms with Crippen molar-refractivity contribution in [1.29, 1.82) is 0 Å². The summed E-state index contributed by atoms with van der Waals surface area (Å²) in [5.74, 6) is 0.415. The highest BCUT2D eigenvalue weighted by Crippen LogP contribution is 2.27. The van der Waals surface area contributed by atoms with Gasteiger partial charge in [-0.2, -0.15) is 0 Å². The molecule has 1 aliphatic heterocycles. The number of allylic oxidation sites excluding steroid dienone is 1. The van der Waals surface area contributed by atoms with Crippen LogP contribution < -0.4 is 5.32 Å². The SMILES string of the molecule is O[C@@H]1CNC[C@H]1C1=CCCCCC1. The molecule has 2 heteroatoms. The Bertz CT molecular complexity index is 200. The lowest BCUT2D eigenvalue weighted by atomic mass is 9.92. The van der Waals surface area contributed by atoms with Crippen LogP contribution in [0.4, 0.5) is 0 Å². The summed E-state index contributed by atoms with van der Waals surface area (Å²) in [6.45, 7) is 1.76. The van der Waals surface area contributed by atoms with Crippen molar-refractivity contribution in [3.63, 3.8) is 0 Å². The van der Waals surface area contributed by atoms with Crippen LogP contribution in [0.15, 0.2) is 11.6 Å². The monoisotopic (exact) mass is 181 g/mol. The Morgan fingerprint density at radius 2 is 2.15 bits per heavy atom. The highest BCUT2D eigenvalue weighted by atomic mass is 16.3. The van der Waals surface area contributed by atoms with E-state index in [1.165, 1.54) is 37.7 Å². The van der Waals surface area contributed by atoms with E-state index in [1.54, 1.807) is 0 Å². The summed E-state index contributed by atoms with van der Waals surface area (Å²) in [7, 11) is 0. The summed E-state index contributed by atoms with van der Waals surface area (Å²) in [6.07, 6.45) is 8.67. The molecule has 13 heavy (non-hydrogen) atoms. The Labute approximate surface area is 80.0 Å². The van der Waals surface area contributed by atoms with Gasteiger partial charge < -0.3 is 10.4 Å². The molecular formula is C11H19NO. The fourth-order valence-corrected chi connectivity index (χ4v) is 2.42. The number of aliphatic hydroxyl groups is 1. The Morgan fingerprint density at radius 1 is 1.23 bits per heavy atom. The molecule has 1 fully saturated rings. The first-order valence-electron chi connectivity index (χ1n) is 5.45. The van der Waals surface area contributed by atoms with Crippen LogP contribution >= 0.6 is 0 Å². The van der Waals surface area contributed by atoms with Gasteiger partial charge in [-0.3, -0.25) is 0 Å². The van der Waals surface area contributed by atoms with E-state index in [0.29, 0.717) is 5.92 Å². The fourth-order valence-electron chi connectivity index (χ4n) is 2.42. The third-order valence-electron chi connectivity index (χ3n) is 3.23. The van der Waals surface area contributed by atoms with Gasteiger partial charge in [-0.25, -0.2) is 0 Å². The van der Waals surface area contributed by atoms with Crippen LogP contribution in [-0.2, 0) is 0 Å². The first-order valence-corrected chi connectivity index (χ1v) is 5.45. The summed E-state index contributed by atoms with van der Waals surface area (Å²) < 4.78 is 0. The molecule has 2 N–H and O–H groups in total. The van der Waals surface area contributed by atoms with E-state index in [9.17, 15) is 5.11 Å². The average Bonchev–Trinajstić information content (AvgIpc) is 2.43. The second kappa shape index (κ2) is 4.25. The smallest absolute Gasteiger partial charge is 0.0741 e. The molecule has 0 spiro atoms. The maximum Gasteiger partial charge on any atom is 0.0741 e. The number of hydrogen-bond donors (Lipinski definition) is 2. The molecule has 0 aromatic heterocycles. The van der Waals surface area contributed by atoms with E-state index < -0.39 is 0 Å². The van der Waals surface area contributed by atoms with Crippen molar-refractivity contribution in [2.45, 2.75) is 38.2 Å². The minimum atomic E-state index is -0.135. The van der Waals surface area contributed by atoms with E-state index in [1.807, 2.05) is 0 Å². The van der Waals surface area contributed by atoms with Crippen molar-refractivity contribution in [3.05, 3.63) is 11.6 Å². The van der Waals surface area contributed by atoms with Gasteiger partial charge in [-0.15, -0.1) is 0 Å². The topological polar surface area (TPSA) is 32.3 Å². The second-order valence-corrected chi connectivity index (χ2v) is 4.21. The number of hydrogen-bond acceptors (Lipinski definition) is 2. The van der Waals surface area contributed by atoms with Crippen LogP contribution in [0.2, 0.25) is 0 Å². The molecule has 1 heterocycles. The molecular weight excluding hydrogens is 162 g/mol. The Kier molecular flexibility index (Phi) is 3.01. The van der Waals surface area contributed by atoms with Crippen molar-refractivity contribution in [1.82, 2.24) is 5.32 Å². The van der Waals surface area contributed by atoms with Crippen molar-refractivity contribution in [2.75, 3.05) is 13.1 Å². The zero-order chi connectivity index (χ0) is 9.10. The summed E-state index contributed by atoms with van der Waals surface area (Å²) in [5, 5.41) is 13.0. The van der Waals surface area contributed by atoms with Gasteiger partial charge in [0.1, 0.15) is 0 Å². The standard InChI is InChI=1S/C11H19NO/c13-11-8-12-7-10(11)9-5-3-1-2-4-6-9/h5,10-13H,1-4,6-8H2/t10-,11+/m0/s1. The highest BCUT2D eigenvalue weighted by Gasteiger charge is 2.27. The van der Waals surface area contributed by atoms with Crippen molar-refractivity contribution in [3.8, 4) is 0 Å². The van der Waals surface area contributed by atoms with Crippen molar-refractivity contribution < 1.29 is 5.11 Å². The molecule has 0 radical (unpaired) electrons. The maximum atomic E-state index is 9.73. The van der Waals surface area contributed by atoms with Gasteiger partial charge >= 0.3 is 0 Å². The lowest BCUT2D eigenvalue weighted by Crippen LogP contribution is -2.19. The fraction of sp³-hybridized carbons (Fsp3) is 0.818. The summed E-state index contributed by atoms with van der Waals surface area (Å²) in [4.78, 5) is 0. The van der Waals surface area contributed by atoms with E-state index in [-0.39, 0.29) is 6.10 Å². The molecule has 0 saturated carbocycles. The average molecular weight is 181 g/mol. The van der Waals surface area contributed by atoms with Crippen LogP contribution in [0.3, 0.4) is 0 Å². The van der Waals surface area contributed by atoms with Crippen molar-refractivity contribution >= 4 is 0 Å². The molecule has 74 valence electrons. The Hall–Kier alpha value is -0.340. The molecule has 0 amide bonds. The molecule has 0 unspecified atom stereocenters. The molecule has 1 aliphatic carbocycles. The molecule has 2 rings (SSSR count). The van der Waals surface area contributed by atoms with Crippen LogP contribution in [0, 0.1) is 5.92 Å². The third kappa shape index (κ3) is 2.12. The summed E-state index contributed by atoms with van der Waals surface area (Å²) >= 11 is 0. The molecule has 0 aromatic rings. The minimum Gasteiger partial charge on any atom is -0.391 e. The highest BCUT2D eigenvalue weighted by molar-refractivity contribution is 5.13. The largest absolute Gasteiger partial charge is 0.391 e. The van der Waals surface area contributed by atoms with Gasteiger partial charge in [0.25, 0.3) is 0 Å². The normalized spacial score (nSPS) is 35.6.